The van der Waals surface area contributed by atoms with Gasteiger partial charge < -0.3 is 74.2 Å². The third-order valence-electron chi connectivity index (χ3n) is 7.79. The van der Waals surface area contributed by atoms with Crippen LogP contribution in [0.5, 0.6) is 11.5 Å². The fraction of sp³-hybridized carbons (Fsp3) is 0.558. The lowest BCUT2D eigenvalue weighted by atomic mass is 10.2. The molecule has 0 aliphatic heterocycles. The van der Waals surface area contributed by atoms with Crippen LogP contribution in [0.15, 0.2) is 72.8 Å². The van der Waals surface area contributed by atoms with Gasteiger partial charge in [-0.1, -0.05) is 13.8 Å². The Labute approximate surface area is 351 Å². The Bertz CT molecular complexity index is 1370. The number of nitrogens with zero attached hydrogens (tertiary/aromatic N) is 1. The van der Waals surface area contributed by atoms with Crippen molar-refractivity contribution in [3.05, 3.63) is 78.4 Å². The molecule has 0 bridgehead atoms. The van der Waals surface area contributed by atoms with Gasteiger partial charge in [-0.2, -0.15) is 0 Å². The van der Waals surface area contributed by atoms with Gasteiger partial charge in [0.05, 0.1) is 98.1 Å². The lowest BCUT2D eigenvalue weighted by Gasteiger charge is -2.17. The number of anilines is 3. The fourth-order valence-corrected chi connectivity index (χ4v) is 4.44. The van der Waals surface area contributed by atoms with E-state index in [9.17, 15) is 4.79 Å². The highest BCUT2D eigenvalue weighted by Crippen LogP contribution is 2.13. The molecule has 0 saturated carbocycles. The van der Waals surface area contributed by atoms with Crippen LogP contribution in [0.4, 0.5) is 17.1 Å². The Morgan fingerprint density at radius 1 is 0.441 bits per heavy atom. The van der Waals surface area contributed by atoms with E-state index in [1.165, 1.54) is 0 Å². The number of ether oxygens (including phenoxy) is 11. The number of rotatable bonds is 32. The summed E-state index contributed by atoms with van der Waals surface area (Å²) in [5.74, 6) is 1.22. The SMILES string of the molecule is CCN(CC)CCOCCOCCOc1ccc(N)cc1.COCCOCCOCCOC(=O)c1ccc(N)cc1.COCCOCCOCCOc1ccc(N)cc1. The van der Waals surface area contributed by atoms with E-state index in [-0.39, 0.29) is 12.6 Å². The first kappa shape index (κ1) is 52.8. The first-order chi connectivity index (χ1) is 28.8. The molecule has 0 unspecified atom stereocenters. The molecule has 0 heterocycles. The molecule has 0 fully saturated rings. The second-order valence-corrected chi connectivity index (χ2v) is 12.3. The molecule has 59 heavy (non-hydrogen) atoms. The van der Waals surface area contributed by atoms with E-state index in [2.05, 4.69) is 18.7 Å². The zero-order valence-electron chi connectivity index (χ0n) is 35.6. The zero-order valence-corrected chi connectivity index (χ0v) is 35.6. The largest absolute Gasteiger partial charge is 0.491 e. The van der Waals surface area contributed by atoms with E-state index in [1.807, 2.05) is 36.4 Å². The van der Waals surface area contributed by atoms with Crippen LogP contribution in [-0.2, 0) is 42.6 Å². The van der Waals surface area contributed by atoms with Crippen LogP contribution < -0.4 is 26.7 Å². The maximum Gasteiger partial charge on any atom is 0.338 e. The van der Waals surface area contributed by atoms with Gasteiger partial charge in [0.15, 0.2) is 0 Å². The monoisotopic (exact) mass is 834 g/mol. The van der Waals surface area contributed by atoms with Gasteiger partial charge in [-0.05, 0) is 85.9 Å². The Morgan fingerprint density at radius 2 is 0.763 bits per heavy atom. The maximum atomic E-state index is 11.6. The molecule has 3 rings (SSSR count). The number of esters is 1. The van der Waals surface area contributed by atoms with Gasteiger partial charge in [0, 0.05) is 37.8 Å². The molecule has 0 atom stereocenters. The van der Waals surface area contributed by atoms with E-state index < -0.39 is 0 Å². The second-order valence-electron chi connectivity index (χ2n) is 12.3. The van der Waals surface area contributed by atoms with Gasteiger partial charge in [0.1, 0.15) is 31.3 Å². The molecule has 334 valence electrons. The topological polar surface area (TPSA) is 200 Å². The zero-order chi connectivity index (χ0) is 43.0. The van der Waals surface area contributed by atoms with Crippen molar-refractivity contribution in [2.45, 2.75) is 13.8 Å². The number of likely N-dealkylation sites (N-methyl/N-ethyl adjacent to an activating group) is 1. The molecule has 0 saturated heterocycles. The molecule has 0 radical (unpaired) electrons. The number of nitrogens with two attached hydrogens (primary N) is 3. The number of hydrogen-bond donors (Lipinski definition) is 3. The quantitative estimate of drug-likeness (QED) is 0.0452. The molecule has 16 nitrogen and oxygen atoms in total. The number of methoxy groups -OCH3 is 2. The van der Waals surface area contributed by atoms with Crippen molar-refractivity contribution in [1.29, 1.82) is 0 Å². The second kappa shape index (κ2) is 38.0. The van der Waals surface area contributed by atoms with Crippen molar-refractivity contribution in [1.82, 2.24) is 4.90 Å². The fourth-order valence-electron chi connectivity index (χ4n) is 4.44. The molecule has 6 N–H and O–H groups in total. The highest BCUT2D eigenvalue weighted by Gasteiger charge is 2.06. The van der Waals surface area contributed by atoms with E-state index in [0.29, 0.717) is 110 Å². The van der Waals surface area contributed by atoms with Crippen LogP contribution in [0.3, 0.4) is 0 Å². The number of benzene rings is 3. The van der Waals surface area contributed by atoms with Gasteiger partial charge in [-0.15, -0.1) is 0 Å². The summed E-state index contributed by atoms with van der Waals surface area (Å²) in [5, 5.41) is 0. The van der Waals surface area contributed by atoms with Crippen LogP contribution >= 0.6 is 0 Å². The van der Waals surface area contributed by atoms with E-state index in [1.54, 1.807) is 50.6 Å². The normalized spacial score (nSPS) is 10.7. The third kappa shape index (κ3) is 31.4. The summed E-state index contributed by atoms with van der Waals surface area (Å²) in [7, 11) is 3.27. The highest BCUT2D eigenvalue weighted by atomic mass is 16.6. The van der Waals surface area contributed by atoms with Crippen LogP contribution in [0.2, 0.25) is 0 Å². The average molecular weight is 835 g/mol. The molecular formula is C43H70N4O12. The summed E-state index contributed by atoms with van der Waals surface area (Å²) in [6.07, 6.45) is 0. The summed E-state index contributed by atoms with van der Waals surface area (Å²) in [6, 6.07) is 21.2. The standard InChI is InChI=1S/C16H28N2O3.C14H21NO5.C13H21NO4/c1-3-18(4-2)9-10-19-11-12-20-13-14-21-16-7-5-15(17)6-8-16;1-17-6-7-18-8-9-19-10-11-20-14(16)12-2-4-13(15)5-3-12;1-15-6-7-16-8-9-17-10-11-18-13-4-2-12(14)3-5-13/h5-8H,3-4,9-14,17H2,1-2H3;2-5H,6-11,15H2,1H3;2-5H,6-11,14H2,1H3. The van der Waals surface area contributed by atoms with Crippen molar-refractivity contribution in [2.75, 3.05) is 163 Å². The molecule has 0 aliphatic rings. The Balaban J connectivity index is 0.000000444. The molecule has 0 aromatic heterocycles. The third-order valence-corrected chi connectivity index (χ3v) is 7.79. The Kier molecular flexibility index (Phi) is 34.0. The lowest BCUT2D eigenvalue weighted by Crippen LogP contribution is -2.27. The smallest absolute Gasteiger partial charge is 0.338 e. The highest BCUT2D eigenvalue weighted by molar-refractivity contribution is 5.89. The van der Waals surface area contributed by atoms with Crippen molar-refractivity contribution in [2.24, 2.45) is 0 Å². The van der Waals surface area contributed by atoms with Crippen molar-refractivity contribution >= 4 is 23.0 Å². The predicted octanol–water partition coefficient (Wildman–Crippen LogP) is 4.46. The summed E-state index contributed by atoms with van der Waals surface area (Å²) >= 11 is 0. The minimum Gasteiger partial charge on any atom is -0.491 e. The van der Waals surface area contributed by atoms with Gasteiger partial charge in [-0.3, -0.25) is 0 Å². The number of carbonyl (C=O) groups excluding carboxylic acids is 1. The first-order valence-electron chi connectivity index (χ1n) is 20.0. The minimum absolute atomic E-state index is 0.210. The van der Waals surface area contributed by atoms with Crippen molar-refractivity contribution in [3.8, 4) is 11.5 Å². The van der Waals surface area contributed by atoms with E-state index in [0.717, 1.165) is 49.1 Å². The molecular weight excluding hydrogens is 764 g/mol. The maximum absolute atomic E-state index is 11.6. The Morgan fingerprint density at radius 3 is 1.14 bits per heavy atom. The number of nitrogen functional groups attached to an aromatic ring is 3. The summed E-state index contributed by atoms with van der Waals surface area (Å²) < 4.78 is 57.7. The summed E-state index contributed by atoms with van der Waals surface area (Å²) in [4.78, 5) is 13.9. The van der Waals surface area contributed by atoms with Crippen LogP contribution in [0.25, 0.3) is 0 Å². The van der Waals surface area contributed by atoms with Gasteiger partial charge in [0.25, 0.3) is 0 Å². The molecule has 3 aromatic carbocycles. The average Bonchev–Trinajstić information content (AvgIpc) is 3.25. The van der Waals surface area contributed by atoms with Crippen molar-refractivity contribution in [3.63, 3.8) is 0 Å². The molecule has 3 aromatic rings. The minimum atomic E-state index is -0.384. The molecule has 0 amide bonds. The van der Waals surface area contributed by atoms with Gasteiger partial charge in [0.2, 0.25) is 0 Å². The van der Waals surface area contributed by atoms with Crippen LogP contribution in [0.1, 0.15) is 24.2 Å². The summed E-state index contributed by atoms with van der Waals surface area (Å²) in [6.45, 7) is 16.5. The van der Waals surface area contributed by atoms with E-state index >= 15 is 0 Å². The molecule has 0 spiro atoms. The van der Waals surface area contributed by atoms with Crippen molar-refractivity contribution < 1.29 is 56.9 Å². The molecule has 0 aliphatic carbocycles. The first-order valence-corrected chi connectivity index (χ1v) is 20.0. The van der Waals surface area contributed by atoms with Crippen LogP contribution in [-0.4, -0.2) is 157 Å². The molecule has 16 heteroatoms. The van der Waals surface area contributed by atoms with Gasteiger partial charge >= 0.3 is 5.97 Å². The van der Waals surface area contributed by atoms with Gasteiger partial charge in [-0.25, -0.2) is 4.79 Å². The predicted molar refractivity (Wildman–Crippen MR) is 230 cm³/mol. The Hall–Kier alpha value is -4.23. The lowest BCUT2D eigenvalue weighted by molar-refractivity contribution is 0.00570. The van der Waals surface area contributed by atoms with Crippen LogP contribution in [0, 0.1) is 0 Å². The number of hydrogen-bond acceptors (Lipinski definition) is 16. The number of carbonyl (C=O) groups is 1. The summed E-state index contributed by atoms with van der Waals surface area (Å²) in [5.41, 5.74) is 19.3. The van der Waals surface area contributed by atoms with E-state index in [4.69, 9.17) is 69.3 Å².